The molecular formula is C11H16O2. The number of rotatable bonds is 3. The third-order valence-electron chi connectivity index (χ3n) is 2.53. The molecule has 0 aliphatic heterocycles. The normalized spacial score (nSPS) is 17.8. The van der Waals surface area contributed by atoms with Crippen molar-refractivity contribution in [2.45, 2.75) is 46.0 Å². The number of carbonyl (C=O) groups excluding carboxylic acids is 2. The molecular weight excluding hydrogens is 164 g/mol. The average molecular weight is 180 g/mol. The van der Waals surface area contributed by atoms with Gasteiger partial charge in [-0.3, -0.25) is 4.79 Å². The van der Waals surface area contributed by atoms with Crippen molar-refractivity contribution in [1.29, 1.82) is 0 Å². The smallest absolute Gasteiger partial charge is 0.158 e. The van der Waals surface area contributed by atoms with E-state index in [-0.39, 0.29) is 11.6 Å². The van der Waals surface area contributed by atoms with Gasteiger partial charge in [-0.15, -0.1) is 0 Å². The minimum Gasteiger partial charge on any atom is -0.300 e. The SMILES string of the molecule is CC(=O)CCC1=C(C)CCCC1=O. The van der Waals surface area contributed by atoms with E-state index in [0.717, 1.165) is 18.4 Å². The van der Waals surface area contributed by atoms with Crippen molar-refractivity contribution in [3.63, 3.8) is 0 Å². The maximum absolute atomic E-state index is 11.4. The maximum Gasteiger partial charge on any atom is 0.158 e. The molecule has 0 unspecified atom stereocenters. The fourth-order valence-electron chi connectivity index (χ4n) is 1.71. The molecule has 0 saturated heterocycles. The Balaban J connectivity index is 2.63. The molecule has 0 aromatic carbocycles. The summed E-state index contributed by atoms with van der Waals surface area (Å²) in [5.74, 6) is 0.420. The van der Waals surface area contributed by atoms with Crippen molar-refractivity contribution >= 4 is 11.6 Å². The van der Waals surface area contributed by atoms with Crippen LogP contribution >= 0.6 is 0 Å². The van der Waals surface area contributed by atoms with Gasteiger partial charge in [-0.1, -0.05) is 5.57 Å². The lowest BCUT2D eigenvalue weighted by molar-refractivity contribution is -0.117. The molecule has 0 atom stereocenters. The van der Waals surface area contributed by atoms with Crippen molar-refractivity contribution < 1.29 is 9.59 Å². The maximum atomic E-state index is 11.4. The second kappa shape index (κ2) is 4.35. The van der Waals surface area contributed by atoms with Gasteiger partial charge in [-0.05, 0) is 38.7 Å². The number of hydrogen-bond donors (Lipinski definition) is 0. The van der Waals surface area contributed by atoms with Gasteiger partial charge in [0, 0.05) is 12.8 Å². The third kappa shape index (κ3) is 2.79. The molecule has 2 nitrogen and oxygen atoms in total. The highest BCUT2D eigenvalue weighted by Crippen LogP contribution is 2.24. The highest BCUT2D eigenvalue weighted by molar-refractivity contribution is 5.97. The van der Waals surface area contributed by atoms with E-state index in [1.807, 2.05) is 6.92 Å². The first kappa shape index (κ1) is 10.2. The predicted molar refractivity (Wildman–Crippen MR) is 51.5 cm³/mol. The van der Waals surface area contributed by atoms with Crippen LogP contribution in [0, 0.1) is 0 Å². The van der Waals surface area contributed by atoms with E-state index in [1.54, 1.807) is 6.92 Å². The summed E-state index contributed by atoms with van der Waals surface area (Å²) < 4.78 is 0. The molecule has 1 rings (SSSR count). The van der Waals surface area contributed by atoms with Crippen molar-refractivity contribution in [3.05, 3.63) is 11.1 Å². The molecule has 0 spiro atoms. The number of allylic oxidation sites excluding steroid dienone is 2. The fraction of sp³-hybridized carbons (Fsp3) is 0.636. The highest BCUT2D eigenvalue weighted by Gasteiger charge is 2.17. The molecule has 0 aromatic rings. The minimum absolute atomic E-state index is 0.165. The van der Waals surface area contributed by atoms with Gasteiger partial charge in [-0.25, -0.2) is 0 Å². The zero-order chi connectivity index (χ0) is 9.84. The van der Waals surface area contributed by atoms with Crippen LogP contribution in [0.2, 0.25) is 0 Å². The molecule has 72 valence electrons. The molecule has 2 heteroatoms. The van der Waals surface area contributed by atoms with Crippen molar-refractivity contribution in [3.8, 4) is 0 Å². The van der Waals surface area contributed by atoms with Crippen LogP contribution in [0.5, 0.6) is 0 Å². The first-order chi connectivity index (χ1) is 6.11. The number of ketones is 2. The lowest BCUT2D eigenvalue weighted by Crippen LogP contribution is -2.11. The summed E-state index contributed by atoms with van der Waals surface area (Å²) in [7, 11) is 0. The first-order valence-electron chi connectivity index (χ1n) is 4.82. The Labute approximate surface area is 79.0 Å². The van der Waals surface area contributed by atoms with Gasteiger partial charge < -0.3 is 4.79 Å². The second-order valence-electron chi connectivity index (χ2n) is 3.74. The second-order valence-corrected chi connectivity index (χ2v) is 3.74. The highest BCUT2D eigenvalue weighted by atomic mass is 16.1. The van der Waals surface area contributed by atoms with Crippen LogP contribution in [0.15, 0.2) is 11.1 Å². The van der Waals surface area contributed by atoms with Gasteiger partial charge in [0.25, 0.3) is 0 Å². The largest absolute Gasteiger partial charge is 0.300 e. The molecule has 0 fully saturated rings. The lowest BCUT2D eigenvalue weighted by atomic mass is 9.88. The molecule has 13 heavy (non-hydrogen) atoms. The molecule has 0 heterocycles. The van der Waals surface area contributed by atoms with Gasteiger partial charge in [-0.2, -0.15) is 0 Å². The van der Waals surface area contributed by atoms with Crippen LogP contribution in [0.1, 0.15) is 46.0 Å². The Hall–Kier alpha value is -0.920. The van der Waals surface area contributed by atoms with Crippen LogP contribution in [0.4, 0.5) is 0 Å². The number of carbonyl (C=O) groups is 2. The number of Topliss-reactive ketones (excluding diaryl/α,β-unsaturated/α-hetero) is 2. The number of hydrogen-bond acceptors (Lipinski definition) is 2. The molecule has 1 aliphatic rings. The minimum atomic E-state index is 0.165. The average Bonchev–Trinajstić information content (AvgIpc) is 2.03. The molecule has 1 aliphatic carbocycles. The molecule has 0 aromatic heterocycles. The Bertz CT molecular complexity index is 261. The zero-order valence-corrected chi connectivity index (χ0v) is 8.35. The Morgan fingerprint density at radius 1 is 1.38 bits per heavy atom. The van der Waals surface area contributed by atoms with E-state index in [1.165, 1.54) is 5.57 Å². The van der Waals surface area contributed by atoms with Gasteiger partial charge in [0.15, 0.2) is 5.78 Å². The summed E-state index contributed by atoms with van der Waals surface area (Å²) in [5, 5.41) is 0. The van der Waals surface area contributed by atoms with Gasteiger partial charge in [0.1, 0.15) is 5.78 Å². The summed E-state index contributed by atoms with van der Waals surface area (Å²) in [5.41, 5.74) is 2.11. The van der Waals surface area contributed by atoms with E-state index in [2.05, 4.69) is 0 Å². The topological polar surface area (TPSA) is 34.1 Å². The van der Waals surface area contributed by atoms with Crippen LogP contribution in [0.3, 0.4) is 0 Å². The molecule has 0 amide bonds. The predicted octanol–water partition coefficient (Wildman–Crippen LogP) is 2.43. The quantitative estimate of drug-likeness (QED) is 0.668. The fourth-order valence-corrected chi connectivity index (χ4v) is 1.71. The standard InChI is InChI=1S/C11H16O2/c1-8-4-3-5-11(13)10(8)7-6-9(2)12/h3-7H2,1-2H3. The van der Waals surface area contributed by atoms with E-state index in [0.29, 0.717) is 19.3 Å². The van der Waals surface area contributed by atoms with Crippen LogP contribution in [-0.2, 0) is 9.59 Å². The Morgan fingerprint density at radius 3 is 2.62 bits per heavy atom. The summed E-state index contributed by atoms with van der Waals surface area (Å²) >= 11 is 0. The Kier molecular flexibility index (Phi) is 3.40. The van der Waals surface area contributed by atoms with E-state index >= 15 is 0 Å². The van der Waals surface area contributed by atoms with Gasteiger partial charge in [0.2, 0.25) is 0 Å². The molecule has 0 bridgehead atoms. The Morgan fingerprint density at radius 2 is 2.08 bits per heavy atom. The summed E-state index contributed by atoms with van der Waals surface area (Å²) in [6.07, 6.45) is 3.84. The molecule has 0 radical (unpaired) electrons. The van der Waals surface area contributed by atoms with E-state index < -0.39 is 0 Å². The first-order valence-corrected chi connectivity index (χ1v) is 4.82. The third-order valence-corrected chi connectivity index (χ3v) is 2.53. The molecule has 0 N–H and O–H groups in total. The monoisotopic (exact) mass is 180 g/mol. The van der Waals surface area contributed by atoms with E-state index in [9.17, 15) is 9.59 Å². The van der Waals surface area contributed by atoms with Crippen LogP contribution < -0.4 is 0 Å². The lowest BCUT2D eigenvalue weighted by Gasteiger charge is -2.15. The van der Waals surface area contributed by atoms with Crippen LogP contribution in [-0.4, -0.2) is 11.6 Å². The van der Waals surface area contributed by atoms with E-state index in [4.69, 9.17) is 0 Å². The van der Waals surface area contributed by atoms with Crippen molar-refractivity contribution in [2.75, 3.05) is 0 Å². The van der Waals surface area contributed by atoms with Crippen LogP contribution in [0.25, 0.3) is 0 Å². The van der Waals surface area contributed by atoms with Gasteiger partial charge in [0.05, 0.1) is 0 Å². The summed E-state index contributed by atoms with van der Waals surface area (Å²) in [6.45, 7) is 3.58. The molecule has 0 saturated carbocycles. The zero-order valence-electron chi connectivity index (χ0n) is 8.35. The van der Waals surface area contributed by atoms with Gasteiger partial charge >= 0.3 is 0 Å². The summed E-state index contributed by atoms with van der Waals surface area (Å²) in [6, 6.07) is 0. The van der Waals surface area contributed by atoms with Crippen molar-refractivity contribution in [2.24, 2.45) is 0 Å². The van der Waals surface area contributed by atoms with Crippen molar-refractivity contribution in [1.82, 2.24) is 0 Å². The summed E-state index contributed by atoms with van der Waals surface area (Å²) in [4.78, 5) is 22.2.